The van der Waals surface area contributed by atoms with Gasteiger partial charge in [0.05, 0.1) is 21.0 Å². The highest BCUT2D eigenvalue weighted by molar-refractivity contribution is 8.10. The zero-order valence-corrected chi connectivity index (χ0v) is 22.5. The van der Waals surface area contributed by atoms with Crippen LogP contribution < -0.4 is 3.71 Å². The minimum absolute atomic E-state index is 0.0190. The minimum Gasteiger partial charge on any atom is -0.444 e. The van der Waals surface area contributed by atoms with Crippen LogP contribution >= 0.6 is 0 Å². The van der Waals surface area contributed by atoms with Gasteiger partial charge in [0.15, 0.2) is 0 Å². The Morgan fingerprint density at radius 3 is 1.79 bits per heavy atom. The maximum absolute atomic E-state index is 14.0. The predicted molar refractivity (Wildman–Crippen MR) is 148 cm³/mol. The van der Waals surface area contributed by atoms with Crippen LogP contribution in [0, 0.1) is 6.92 Å². The van der Waals surface area contributed by atoms with E-state index in [4.69, 9.17) is 4.74 Å². The van der Waals surface area contributed by atoms with Crippen molar-refractivity contribution in [2.24, 2.45) is 0 Å². The van der Waals surface area contributed by atoms with E-state index >= 15 is 0 Å². The van der Waals surface area contributed by atoms with Crippen LogP contribution in [0.15, 0.2) is 125 Å². The number of rotatable bonds is 7. The van der Waals surface area contributed by atoms with Gasteiger partial charge in [0.1, 0.15) is 6.61 Å². The summed E-state index contributed by atoms with van der Waals surface area (Å²) in [7, 11) is -9.30. The first-order chi connectivity index (χ1) is 18.7. The van der Waals surface area contributed by atoms with Crippen LogP contribution in [0.25, 0.3) is 10.9 Å². The van der Waals surface area contributed by atoms with E-state index < -0.39 is 26.1 Å². The first-order valence-corrected chi connectivity index (χ1v) is 14.8. The van der Waals surface area contributed by atoms with Gasteiger partial charge in [-0.1, -0.05) is 78.9 Å². The fourth-order valence-corrected chi connectivity index (χ4v) is 7.91. The molecule has 0 saturated heterocycles. The number of nitrogens with zero attached hydrogens (tertiary/aromatic N) is 2. The summed E-state index contributed by atoms with van der Waals surface area (Å²) in [6.45, 7) is 1.79. The van der Waals surface area contributed by atoms with E-state index in [0.29, 0.717) is 9.23 Å². The molecular weight excluding hydrogens is 536 g/mol. The number of aromatic nitrogens is 1. The van der Waals surface area contributed by atoms with Gasteiger partial charge in [-0.05, 0) is 48.4 Å². The summed E-state index contributed by atoms with van der Waals surface area (Å²) in [5.41, 5.74) is 1.65. The van der Waals surface area contributed by atoms with Crippen molar-refractivity contribution in [1.29, 1.82) is 0 Å². The molecule has 0 radical (unpaired) electrons. The zero-order chi connectivity index (χ0) is 27.6. The SMILES string of the molecule is Cc1ccc2c(N(S(=O)(=O)c3ccccc3)S(=O)(=O)c3ccccc3)cn(C(=O)OCc3ccccc3)c2c1. The van der Waals surface area contributed by atoms with Crippen LogP contribution in [0.1, 0.15) is 11.1 Å². The lowest BCUT2D eigenvalue weighted by atomic mass is 10.2. The van der Waals surface area contributed by atoms with Crippen LogP contribution in [0.3, 0.4) is 0 Å². The van der Waals surface area contributed by atoms with Crippen molar-refractivity contribution in [3.63, 3.8) is 0 Å². The summed E-state index contributed by atoms with van der Waals surface area (Å²) in [5, 5.41) is 0.247. The van der Waals surface area contributed by atoms with E-state index in [1.54, 1.807) is 42.5 Å². The van der Waals surface area contributed by atoms with Gasteiger partial charge in [-0.15, -0.1) is 0 Å². The molecule has 0 N–H and O–H groups in total. The molecule has 0 spiro atoms. The van der Waals surface area contributed by atoms with Gasteiger partial charge < -0.3 is 4.74 Å². The Morgan fingerprint density at radius 1 is 0.744 bits per heavy atom. The molecule has 0 atom stereocenters. The Bertz CT molecular complexity index is 1780. The summed E-state index contributed by atoms with van der Waals surface area (Å²) in [6, 6.07) is 28.6. The summed E-state index contributed by atoms with van der Waals surface area (Å²) >= 11 is 0. The number of hydrogen-bond donors (Lipinski definition) is 0. The third-order valence-electron chi connectivity index (χ3n) is 6.06. The molecular formula is C29H24N2O6S2. The van der Waals surface area contributed by atoms with E-state index in [1.165, 1.54) is 54.7 Å². The molecule has 0 aliphatic carbocycles. The lowest BCUT2D eigenvalue weighted by Gasteiger charge is -2.23. The van der Waals surface area contributed by atoms with Crippen molar-refractivity contribution >= 4 is 42.7 Å². The monoisotopic (exact) mass is 560 g/mol. The van der Waals surface area contributed by atoms with E-state index in [0.717, 1.165) is 15.7 Å². The molecule has 10 heteroatoms. The summed E-state index contributed by atoms with van der Waals surface area (Å²) < 4.78 is 62.9. The Hall–Kier alpha value is -4.41. The van der Waals surface area contributed by atoms with E-state index in [-0.39, 0.29) is 27.5 Å². The fourth-order valence-electron chi connectivity index (χ4n) is 4.17. The Morgan fingerprint density at radius 2 is 1.26 bits per heavy atom. The second kappa shape index (κ2) is 10.4. The molecule has 1 aromatic heterocycles. The molecule has 5 rings (SSSR count). The van der Waals surface area contributed by atoms with Crippen molar-refractivity contribution in [2.75, 3.05) is 3.71 Å². The first kappa shape index (κ1) is 26.2. The van der Waals surface area contributed by atoms with E-state index in [2.05, 4.69) is 0 Å². The molecule has 0 bridgehead atoms. The largest absolute Gasteiger partial charge is 0.444 e. The normalized spacial score (nSPS) is 11.8. The zero-order valence-electron chi connectivity index (χ0n) is 20.8. The predicted octanol–water partition coefficient (Wildman–Crippen LogP) is 5.72. The number of carbonyl (C=O) groups is 1. The van der Waals surface area contributed by atoms with Crippen molar-refractivity contribution in [1.82, 2.24) is 4.57 Å². The van der Waals surface area contributed by atoms with Gasteiger partial charge in [-0.3, -0.25) is 4.57 Å². The highest BCUT2D eigenvalue weighted by atomic mass is 32.3. The Kier molecular flexibility index (Phi) is 6.98. The smallest absolute Gasteiger partial charge is 0.418 e. The number of fused-ring (bicyclic) bond motifs is 1. The fraction of sp³-hybridized carbons (Fsp3) is 0.0690. The molecule has 0 amide bonds. The van der Waals surface area contributed by atoms with Crippen LogP contribution in [0.2, 0.25) is 0 Å². The number of hydrogen-bond acceptors (Lipinski definition) is 6. The summed E-state index contributed by atoms with van der Waals surface area (Å²) in [6.07, 6.45) is 0.410. The molecule has 5 aromatic rings. The Balaban J connectivity index is 1.71. The van der Waals surface area contributed by atoms with Crippen LogP contribution in [-0.4, -0.2) is 27.5 Å². The third kappa shape index (κ3) is 5.04. The van der Waals surface area contributed by atoms with Gasteiger partial charge >= 0.3 is 6.09 Å². The average Bonchev–Trinajstić information content (AvgIpc) is 3.30. The van der Waals surface area contributed by atoms with Crippen molar-refractivity contribution in [3.8, 4) is 0 Å². The highest BCUT2D eigenvalue weighted by Crippen LogP contribution is 2.37. The number of aryl methyl sites for hydroxylation is 1. The van der Waals surface area contributed by atoms with Gasteiger partial charge in [0.25, 0.3) is 20.0 Å². The second-order valence-corrected chi connectivity index (χ2v) is 12.6. The topological polar surface area (TPSA) is 103 Å². The lowest BCUT2D eigenvalue weighted by molar-refractivity contribution is 0.142. The van der Waals surface area contributed by atoms with E-state index in [1.807, 2.05) is 25.1 Å². The molecule has 1 heterocycles. The molecule has 0 aliphatic rings. The average molecular weight is 561 g/mol. The van der Waals surface area contributed by atoms with Crippen molar-refractivity contribution in [3.05, 3.63) is 127 Å². The number of sulfonamides is 2. The summed E-state index contributed by atoms with van der Waals surface area (Å²) in [5.74, 6) is 0. The number of benzene rings is 4. The molecule has 0 saturated carbocycles. The standard InChI is InChI=1S/C29H24N2O6S2/c1-22-17-18-26-27(19-22)30(29(32)37-21-23-11-5-2-6-12-23)20-28(26)31(38(33,34)24-13-7-3-8-14-24)39(35,36)25-15-9-4-10-16-25/h2-20H,21H2,1H3. The lowest BCUT2D eigenvalue weighted by Crippen LogP contribution is -2.37. The van der Waals surface area contributed by atoms with Crippen LogP contribution in [-0.2, 0) is 31.4 Å². The van der Waals surface area contributed by atoms with Crippen molar-refractivity contribution < 1.29 is 26.4 Å². The third-order valence-corrected chi connectivity index (χ3v) is 10.2. The maximum atomic E-state index is 14.0. The summed E-state index contributed by atoms with van der Waals surface area (Å²) in [4.78, 5) is 12.8. The molecule has 39 heavy (non-hydrogen) atoms. The second-order valence-electron chi connectivity index (χ2n) is 8.78. The number of ether oxygens (including phenoxy) is 1. The number of anilines is 1. The number of carbonyl (C=O) groups excluding carboxylic acids is 1. The van der Waals surface area contributed by atoms with Gasteiger partial charge in [-0.2, -0.15) is 3.71 Å². The molecule has 4 aromatic carbocycles. The minimum atomic E-state index is -4.65. The van der Waals surface area contributed by atoms with Crippen LogP contribution in [0.5, 0.6) is 0 Å². The molecule has 0 fully saturated rings. The quantitative estimate of drug-likeness (QED) is 0.252. The maximum Gasteiger partial charge on any atom is 0.418 e. The Labute approximate surface area is 226 Å². The van der Waals surface area contributed by atoms with Gasteiger partial charge in [-0.25, -0.2) is 21.6 Å². The first-order valence-electron chi connectivity index (χ1n) is 11.9. The molecule has 0 aliphatic heterocycles. The highest BCUT2D eigenvalue weighted by Gasteiger charge is 2.39. The van der Waals surface area contributed by atoms with Gasteiger partial charge in [0.2, 0.25) is 0 Å². The van der Waals surface area contributed by atoms with Crippen molar-refractivity contribution in [2.45, 2.75) is 23.3 Å². The molecule has 198 valence electrons. The molecule has 0 unspecified atom stereocenters. The van der Waals surface area contributed by atoms with E-state index in [9.17, 15) is 21.6 Å². The molecule has 8 nitrogen and oxygen atoms in total. The van der Waals surface area contributed by atoms with Gasteiger partial charge in [0, 0.05) is 11.6 Å². The van der Waals surface area contributed by atoms with Crippen LogP contribution in [0.4, 0.5) is 10.5 Å².